The number of rotatable bonds is 3. The van der Waals surface area contributed by atoms with Gasteiger partial charge in [0, 0.05) is 23.7 Å². The minimum atomic E-state index is 0.726. The van der Waals surface area contributed by atoms with Crippen LogP contribution in [0.3, 0.4) is 0 Å². The Morgan fingerprint density at radius 1 is 1.57 bits per heavy atom. The first-order chi connectivity index (χ1) is 6.86. The zero-order valence-electron chi connectivity index (χ0n) is 8.70. The van der Waals surface area contributed by atoms with Gasteiger partial charge in [-0.25, -0.2) is 0 Å². The predicted molar refractivity (Wildman–Crippen MR) is 63.1 cm³/mol. The number of likely N-dealkylation sites (N-methyl/N-ethyl adjacent to an activating group) is 1. The van der Waals surface area contributed by atoms with Crippen LogP contribution < -0.4 is 5.32 Å². The summed E-state index contributed by atoms with van der Waals surface area (Å²) in [4.78, 5) is 2.48. The molecule has 14 heavy (non-hydrogen) atoms. The van der Waals surface area contributed by atoms with Crippen LogP contribution in [-0.2, 0) is 0 Å². The summed E-state index contributed by atoms with van der Waals surface area (Å²) >= 11 is 1.75. The minimum absolute atomic E-state index is 0.726. The molecule has 0 amide bonds. The van der Waals surface area contributed by atoms with E-state index in [2.05, 4.69) is 34.1 Å². The molecule has 1 fully saturated rings. The smallest absolute Gasteiger partial charge is 0.0449 e. The highest BCUT2D eigenvalue weighted by Crippen LogP contribution is 2.17. The summed E-state index contributed by atoms with van der Waals surface area (Å²) in [6, 6.07) is 2.87. The highest BCUT2D eigenvalue weighted by Gasteiger charge is 2.17. The van der Waals surface area contributed by atoms with Crippen molar-refractivity contribution >= 4 is 17.0 Å². The molecule has 1 saturated heterocycles. The van der Waals surface area contributed by atoms with Crippen molar-refractivity contribution in [2.45, 2.75) is 25.3 Å². The van der Waals surface area contributed by atoms with Crippen LogP contribution in [0.25, 0.3) is 0 Å². The lowest BCUT2D eigenvalue weighted by atomic mass is 10.0. The molecule has 0 saturated carbocycles. The maximum atomic E-state index is 3.49. The summed E-state index contributed by atoms with van der Waals surface area (Å²) < 4.78 is 0. The number of anilines is 1. The maximum Gasteiger partial charge on any atom is 0.0449 e. The van der Waals surface area contributed by atoms with Crippen molar-refractivity contribution < 1.29 is 0 Å². The van der Waals surface area contributed by atoms with Crippen molar-refractivity contribution in [1.29, 1.82) is 0 Å². The Bertz CT molecular complexity index is 258. The molecule has 0 radical (unpaired) electrons. The number of thiophene rings is 1. The van der Waals surface area contributed by atoms with Crippen LogP contribution in [0.1, 0.15) is 19.3 Å². The highest BCUT2D eigenvalue weighted by atomic mass is 32.1. The maximum absolute atomic E-state index is 3.49. The monoisotopic (exact) mass is 210 g/mol. The van der Waals surface area contributed by atoms with Gasteiger partial charge in [0.15, 0.2) is 0 Å². The molecule has 0 spiro atoms. The summed E-state index contributed by atoms with van der Waals surface area (Å²) in [6.45, 7) is 2.35. The van der Waals surface area contributed by atoms with Crippen LogP contribution in [0.2, 0.25) is 0 Å². The van der Waals surface area contributed by atoms with Gasteiger partial charge in [-0.15, -0.1) is 0 Å². The first-order valence-corrected chi connectivity index (χ1v) is 6.27. The van der Waals surface area contributed by atoms with E-state index in [0.717, 1.165) is 12.6 Å². The third kappa shape index (κ3) is 2.49. The Balaban J connectivity index is 1.79. The molecule has 1 atom stereocenters. The molecule has 1 N–H and O–H groups in total. The summed E-state index contributed by atoms with van der Waals surface area (Å²) in [7, 11) is 2.24. The van der Waals surface area contributed by atoms with Crippen LogP contribution in [0.5, 0.6) is 0 Å². The summed E-state index contributed by atoms with van der Waals surface area (Å²) in [6.07, 6.45) is 4.10. The summed E-state index contributed by atoms with van der Waals surface area (Å²) in [5, 5.41) is 7.78. The molecule has 1 unspecified atom stereocenters. The van der Waals surface area contributed by atoms with E-state index in [-0.39, 0.29) is 0 Å². The zero-order chi connectivity index (χ0) is 9.80. The standard InChI is InChI=1S/C11H18N2S/c1-13-6-3-2-4-11(13)8-12-10-5-7-14-9-10/h5,7,9,11-12H,2-4,6,8H2,1H3. The topological polar surface area (TPSA) is 15.3 Å². The Hall–Kier alpha value is -0.540. The molecule has 1 aliphatic rings. The molecule has 2 heterocycles. The van der Waals surface area contributed by atoms with Gasteiger partial charge >= 0.3 is 0 Å². The molecule has 2 nitrogen and oxygen atoms in total. The van der Waals surface area contributed by atoms with E-state index in [9.17, 15) is 0 Å². The molecule has 0 aromatic carbocycles. The van der Waals surface area contributed by atoms with Gasteiger partial charge in [-0.2, -0.15) is 11.3 Å². The zero-order valence-corrected chi connectivity index (χ0v) is 9.52. The Morgan fingerprint density at radius 3 is 3.21 bits per heavy atom. The molecule has 78 valence electrons. The lowest BCUT2D eigenvalue weighted by molar-refractivity contribution is 0.194. The second-order valence-electron chi connectivity index (χ2n) is 4.02. The second kappa shape index (κ2) is 4.80. The molecule has 3 heteroatoms. The normalized spacial score (nSPS) is 23.6. The average Bonchev–Trinajstić information content (AvgIpc) is 2.69. The molecular weight excluding hydrogens is 192 g/mol. The van der Waals surface area contributed by atoms with Crippen LogP contribution in [0, 0.1) is 0 Å². The fourth-order valence-corrected chi connectivity index (χ4v) is 2.61. The largest absolute Gasteiger partial charge is 0.383 e. The number of hydrogen-bond acceptors (Lipinski definition) is 3. The molecule has 0 aliphatic carbocycles. The number of nitrogens with one attached hydrogen (secondary N) is 1. The minimum Gasteiger partial charge on any atom is -0.383 e. The van der Waals surface area contributed by atoms with Crippen LogP contribution in [-0.4, -0.2) is 31.1 Å². The van der Waals surface area contributed by atoms with E-state index < -0.39 is 0 Å². The van der Waals surface area contributed by atoms with Crippen molar-refractivity contribution in [3.8, 4) is 0 Å². The van der Waals surface area contributed by atoms with Gasteiger partial charge in [-0.3, -0.25) is 0 Å². The molecule has 1 aliphatic heterocycles. The Labute approximate surface area is 89.9 Å². The fourth-order valence-electron chi connectivity index (χ4n) is 2.00. The van der Waals surface area contributed by atoms with Gasteiger partial charge in [-0.05, 0) is 37.9 Å². The fraction of sp³-hybridized carbons (Fsp3) is 0.636. The number of piperidine rings is 1. The first kappa shape index (κ1) is 9.99. The SMILES string of the molecule is CN1CCCCC1CNc1ccsc1. The van der Waals surface area contributed by atoms with E-state index in [1.807, 2.05) is 0 Å². The van der Waals surface area contributed by atoms with E-state index >= 15 is 0 Å². The third-order valence-electron chi connectivity index (χ3n) is 2.98. The van der Waals surface area contributed by atoms with Gasteiger partial charge < -0.3 is 10.2 Å². The quantitative estimate of drug-likeness (QED) is 0.825. The van der Waals surface area contributed by atoms with Gasteiger partial charge in [0.05, 0.1) is 0 Å². The second-order valence-corrected chi connectivity index (χ2v) is 4.80. The van der Waals surface area contributed by atoms with Gasteiger partial charge in [0.1, 0.15) is 0 Å². The first-order valence-electron chi connectivity index (χ1n) is 5.32. The number of likely N-dealkylation sites (tertiary alicyclic amines) is 1. The Morgan fingerprint density at radius 2 is 2.50 bits per heavy atom. The van der Waals surface area contributed by atoms with Crippen LogP contribution >= 0.6 is 11.3 Å². The van der Waals surface area contributed by atoms with E-state index in [4.69, 9.17) is 0 Å². The van der Waals surface area contributed by atoms with Gasteiger partial charge in [-0.1, -0.05) is 6.42 Å². The molecule has 0 bridgehead atoms. The van der Waals surface area contributed by atoms with E-state index in [0.29, 0.717) is 0 Å². The molecular formula is C11H18N2S. The molecule has 1 aromatic heterocycles. The van der Waals surface area contributed by atoms with Gasteiger partial charge in [0.25, 0.3) is 0 Å². The van der Waals surface area contributed by atoms with Crippen LogP contribution in [0.4, 0.5) is 5.69 Å². The lowest BCUT2D eigenvalue weighted by Gasteiger charge is -2.32. The summed E-state index contributed by atoms with van der Waals surface area (Å²) in [5.74, 6) is 0. The highest BCUT2D eigenvalue weighted by molar-refractivity contribution is 7.08. The Kier molecular flexibility index (Phi) is 3.43. The van der Waals surface area contributed by atoms with Crippen molar-refractivity contribution in [2.24, 2.45) is 0 Å². The van der Waals surface area contributed by atoms with E-state index in [1.54, 1.807) is 11.3 Å². The van der Waals surface area contributed by atoms with Crippen molar-refractivity contribution in [3.63, 3.8) is 0 Å². The number of nitrogens with zero attached hydrogens (tertiary/aromatic N) is 1. The average molecular weight is 210 g/mol. The van der Waals surface area contributed by atoms with Crippen molar-refractivity contribution in [3.05, 3.63) is 16.8 Å². The third-order valence-corrected chi connectivity index (χ3v) is 3.67. The molecule has 2 rings (SSSR count). The lowest BCUT2D eigenvalue weighted by Crippen LogP contribution is -2.40. The predicted octanol–water partition coefficient (Wildman–Crippen LogP) is 2.64. The van der Waals surface area contributed by atoms with Gasteiger partial charge in [0.2, 0.25) is 0 Å². The summed E-state index contributed by atoms with van der Waals surface area (Å²) in [5.41, 5.74) is 1.27. The number of hydrogen-bond donors (Lipinski definition) is 1. The van der Waals surface area contributed by atoms with Crippen molar-refractivity contribution in [1.82, 2.24) is 4.90 Å². The van der Waals surface area contributed by atoms with Crippen molar-refractivity contribution in [2.75, 3.05) is 25.5 Å². The molecule has 1 aromatic rings. The van der Waals surface area contributed by atoms with E-state index in [1.165, 1.54) is 31.5 Å². The van der Waals surface area contributed by atoms with Crippen LogP contribution in [0.15, 0.2) is 16.8 Å².